The Bertz CT molecular complexity index is 421. The lowest BCUT2D eigenvalue weighted by atomic mass is 9.75. The standard InChI is InChI=1S/C15H29ClN2O2S/c1-21(19,20)18-9-5-6-14(11-18)10-17-13-15(12-16)7-3-2-4-8-15/h14,17H,2-13H2,1H3. The molecule has 2 fully saturated rings. The number of rotatable bonds is 6. The lowest BCUT2D eigenvalue weighted by molar-refractivity contribution is 0.199. The molecule has 6 heteroatoms. The van der Waals surface area contributed by atoms with Gasteiger partial charge in [-0.1, -0.05) is 19.3 Å². The van der Waals surface area contributed by atoms with Gasteiger partial charge in [-0.25, -0.2) is 12.7 Å². The lowest BCUT2D eigenvalue weighted by Crippen LogP contribution is -2.44. The van der Waals surface area contributed by atoms with Crippen LogP contribution in [-0.2, 0) is 10.0 Å². The van der Waals surface area contributed by atoms with Gasteiger partial charge < -0.3 is 5.32 Å². The van der Waals surface area contributed by atoms with Crippen LogP contribution >= 0.6 is 11.6 Å². The fourth-order valence-electron chi connectivity index (χ4n) is 3.70. The Morgan fingerprint density at radius 2 is 1.95 bits per heavy atom. The topological polar surface area (TPSA) is 49.4 Å². The number of sulfonamides is 1. The van der Waals surface area contributed by atoms with Crippen LogP contribution in [0.15, 0.2) is 0 Å². The number of piperidine rings is 1. The van der Waals surface area contributed by atoms with Crippen LogP contribution < -0.4 is 5.32 Å². The SMILES string of the molecule is CS(=O)(=O)N1CCCC(CNCC2(CCl)CCCCC2)C1. The highest BCUT2D eigenvalue weighted by Crippen LogP contribution is 2.36. The van der Waals surface area contributed by atoms with Crippen molar-refractivity contribution in [1.82, 2.24) is 9.62 Å². The van der Waals surface area contributed by atoms with Crippen LogP contribution in [0.3, 0.4) is 0 Å². The van der Waals surface area contributed by atoms with Gasteiger partial charge in [-0.2, -0.15) is 0 Å². The van der Waals surface area contributed by atoms with Crippen molar-refractivity contribution >= 4 is 21.6 Å². The van der Waals surface area contributed by atoms with Crippen molar-refractivity contribution in [3.05, 3.63) is 0 Å². The summed E-state index contributed by atoms with van der Waals surface area (Å²) in [5, 5.41) is 3.58. The summed E-state index contributed by atoms with van der Waals surface area (Å²) in [6.07, 6.45) is 9.78. The first-order valence-corrected chi connectivity index (χ1v) is 10.6. The van der Waals surface area contributed by atoms with Gasteiger partial charge in [-0.15, -0.1) is 11.6 Å². The predicted molar refractivity (Wildman–Crippen MR) is 88.2 cm³/mol. The maximum Gasteiger partial charge on any atom is 0.211 e. The van der Waals surface area contributed by atoms with E-state index in [1.54, 1.807) is 4.31 Å². The molecule has 1 unspecified atom stereocenters. The van der Waals surface area contributed by atoms with Crippen molar-refractivity contribution < 1.29 is 8.42 Å². The van der Waals surface area contributed by atoms with Gasteiger partial charge in [0.1, 0.15) is 0 Å². The van der Waals surface area contributed by atoms with Crippen molar-refractivity contribution in [1.29, 1.82) is 0 Å². The van der Waals surface area contributed by atoms with E-state index in [0.29, 0.717) is 19.0 Å². The average Bonchev–Trinajstić information content (AvgIpc) is 2.48. The Kier molecular flexibility index (Phi) is 6.36. The molecule has 1 aliphatic carbocycles. The highest BCUT2D eigenvalue weighted by molar-refractivity contribution is 7.88. The third-order valence-electron chi connectivity index (χ3n) is 5.08. The smallest absolute Gasteiger partial charge is 0.211 e. The minimum Gasteiger partial charge on any atom is -0.316 e. The zero-order valence-corrected chi connectivity index (χ0v) is 14.7. The van der Waals surface area contributed by atoms with Gasteiger partial charge >= 0.3 is 0 Å². The zero-order valence-electron chi connectivity index (χ0n) is 13.1. The number of hydrogen-bond donors (Lipinski definition) is 1. The van der Waals surface area contributed by atoms with Gasteiger partial charge in [0.05, 0.1) is 6.26 Å². The summed E-state index contributed by atoms with van der Waals surface area (Å²) in [6, 6.07) is 0. The molecule has 0 amide bonds. The largest absolute Gasteiger partial charge is 0.316 e. The quantitative estimate of drug-likeness (QED) is 0.758. The van der Waals surface area contributed by atoms with Crippen molar-refractivity contribution in [3.63, 3.8) is 0 Å². The molecule has 1 heterocycles. The van der Waals surface area contributed by atoms with E-state index in [4.69, 9.17) is 11.6 Å². The van der Waals surface area contributed by atoms with Crippen LogP contribution in [0.5, 0.6) is 0 Å². The summed E-state index contributed by atoms with van der Waals surface area (Å²) < 4.78 is 24.9. The lowest BCUT2D eigenvalue weighted by Gasteiger charge is -2.37. The summed E-state index contributed by atoms with van der Waals surface area (Å²) >= 11 is 6.21. The van der Waals surface area contributed by atoms with Gasteiger partial charge in [0.25, 0.3) is 0 Å². The second kappa shape index (κ2) is 7.62. The molecule has 124 valence electrons. The average molecular weight is 337 g/mol. The minimum absolute atomic E-state index is 0.269. The molecule has 0 aromatic carbocycles. The molecule has 0 spiro atoms. The van der Waals surface area contributed by atoms with Gasteiger partial charge in [-0.3, -0.25) is 0 Å². The zero-order chi connectivity index (χ0) is 15.3. The molecular formula is C15H29ClN2O2S. The Hall–Kier alpha value is 0.160. The third-order valence-corrected chi connectivity index (χ3v) is 6.92. The second-order valence-electron chi connectivity index (χ2n) is 6.95. The maximum atomic E-state index is 11.6. The molecule has 1 aliphatic heterocycles. The molecule has 1 atom stereocenters. The van der Waals surface area contributed by atoms with Crippen LogP contribution in [0.25, 0.3) is 0 Å². The summed E-state index contributed by atoms with van der Waals surface area (Å²) in [7, 11) is -3.04. The van der Waals surface area contributed by atoms with Crippen LogP contribution in [0.1, 0.15) is 44.9 Å². The number of halogens is 1. The number of hydrogen-bond acceptors (Lipinski definition) is 3. The van der Waals surface area contributed by atoms with E-state index < -0.39 is 10.0 Å². The van der Waals surface area contributed by atoms with E-state index in [1.807, 2.05) is 0 Å². The molecule has 21 heavy (non-hydrogen) atoms. The van der Waals surface area contributed by atoms with Gasteiger partial charge in [0.15, 0.2) is 0 Å². The third kappa shape index (κ3) is 5.08. The molecule has 1 N–H and O–H groups in total. The minimum atomic E-state index is -3.04. The molecule has 0 bridgehead atoms. The van der Waals surface area contributed by atoms with Gasteiger partial charge in [0, 0.05) is 25.5 Å². The van der Waals surface area contributed by atoms with Crippen molar-refractivity contribution in [2.75, 3.05) is 38.3 Å². The first kappa shape index (κ1) is 17.5. The highest BCUT2D eigenvalue weighted by Gasteiger charge is 2.31. The number of nitrogens with one attached hydrogen (secondary N) is 1. The molecule has 0 aromatic rings. The molecule has 2 aliphatic rings. The van der Waals surface area contributed by atoms with E-state index in [2.05, 4.69) is 5.32 Å². The Balaban J connectivity index is 1.77. The molecule has 0 radical (unpaired) electrons. The van der Waals surface area contributed by atoms with Crippen molar-refractivity contribution in [2.45, 2.75) is 44.9 Å². The van der Waals surface area contributed by atoms with E-state index in [-0.39, 0.29) is 5.41 Å². The summed E-state index contributed by atoms with van der Waals surface area (Å²) in [5.74, 6) is 1.17. The van der Waals surface area contributed by atoms with Crippen LogP contribution in [-0.4, -0.2) is 51.0 Å². The molecular weight excluding hydrogens is 308 g/mol. The second-order valence-corrected chi connectivity index (χ2v) is 9.20. The molecule has 2 rings (SSSR count). The number of alkyl halides is 1. The Labute approximate surface area is 134 Å². The van der Waals surface area contributed by atoms with Crippen molar-refractivity contribution in [2.24, 2.45) is 11.3 Å². The first-order valence-electron chi connectivity index (χ1n) is 8.17. The van der Waals surface area contributed by atoms with Crippen LogP contribution in [0.4, 0.5) is 0 Å². The summed E-state index contributed by atoms with van der Waals surface area (Å²) in [4.78, 5) is 0. The summed E-state index contributed by atoms with van der Waals surface area (Å²) in [5.41, 5.74) is 0.269. The maximum absolute atomic E-state index is 11.6. The monoisotopic (exact) mass is 336 g/mol. The van der Waals surface area contributed by atoms with Crippen LogP contribution in [0, 0.1) is 11.3 Å². The number of nitrogens with zero attached hydrogens (tertiary/aromatic N) is 1. The fourth-order valence-corrected chi connectivity index (χ4v) is 5.00. The molecule has 0 aromatic heterocycles. The summed E-state index contributed by atoms with van der Waals surface area (Å²) in [6.45, 7) is 3.23. The molecule has 4 nitrogen and oxygen atoms in total. The Morgan fingerprint density at radius 1 is 1.24 bits per heavy atom. The van der Waals surface area contributed by atoms with Gasteiger partial charge in [-0.05, 0) is 43.6 Å². The fraction of sp³-hybridized carbons (Fsp3) is 1.00. The van der Waals surface area contributed by atoms with Crippen molar-refractivity contribution in [3.8, 4) is 0 Å². The van der Waals surface area contributed by atoms with Gasteiger partial charge in [0.2, 0.25) is 10.0 Å². The van der Waals surface area contributed by atoms with Crippen LogP contribution in [0.2, 0.25) is 0 Å². The Morgan fingerprint density at radius 3 is 2.57 bits per heavy atom. The first-order chi connectivity index (χ1) is 9.95. The normalized spacial score (nSPS) is 27.6. The molecule has 1 saturated carbocycles. The van der Waals surface area contributed by atoms with E-state index in [1.165, 1.54) is 38.4 Å². The highest BCUT2D eigenvalue weighted by atomic mass is 35.5. The van der Waals surface area contributed by atoms with E-state index in [9.17, 15) is 8.42 Å². The van der Waals surface area contributed by atoms with E-state index >= 15 is 0 Å². The van der Waals surface area contributed by atoms with E-state index in [0.717, 1.165) is 31.8 Å². The molecule has 1 saturated heterocycles. The predicted octanol–water partition coefficient (Wildman–Crippen LogP) is 2.44.